The highest BCUT2D eigenvalue weighted by molar-refractivity contribution is 5.59. The van der Waals surface area contributed by atoms with E-state index in [9.17, 15) is 4.79 Å². The van der Waals surface area contributed by atoms with Crippen LogP contribution < -0.4 is 0 Å². The van der Waals surface area contributed by atoms with Crippen molar-refractivity contribution in [3.63, 3.8) is 0 Å². The molecule has 0 amide bonds. The SMILES string of the molecule is [CH2]CC#CC(=C=O)N1CCCCC1. The predicted octanol–water partition coefficient (Wildman–Crippen LogP) is 1.42. The summed E-state index contributed by atoms with van der Waals surface area (Å²) in [5.41, 5.74) is 0.503. The molecule has 69 valence electrons. The van der Waals surface area contributed by atoms with Crippen LogP contribution in [0.3, 0.4) is 0 Å². The molecule has 0 aromatic rings. The molecule has 1 radical (unpaired) electrons. The molecule has 0 aromatic heterocycles. The number of likely N-dealkylation sites (tertiary alicyclic amines) is 1. The highest BCUT2D eigenvalue weighted by Crippen LogP contribution is 2.12. The van der Waals surface area contributed by atoms with Crippen LogP contribution in [0.25, 0.3) is 0 Å². The molecule has 1 saturated heterocycles. The Morgan fingerprint density at radius 2 is 2.00 bits per heavy atom. The second-order valence-corrected chi connectivity index (χ2v) is 3.05. The lowest BCUT2D eigenvalue weighted by Gasteiger charge is -2.26. The van der Waals surface area contributed by atoms with Crippen LogP contribution in [0.4, 0.5) is 0 Å². The minimum atomic E-state index is 0.503. The Balaban J connectivity index is 2.60. The fourth-order valence-electron chi connectivity index (χ4n) is 1.43. The second-order valence-electron chi connectivity index (χ2n) is 3.05. The number of carbonyl (C=O) groups excluding carboxylic acids is 1. The fourth-order valence-corrected chi connectivity index (χ4v) is 1.43. The molecule has 1 heterocycles. The van der Waals surface area contributed by atoms with Crippen LogP contribution in [0.1, 0.15) is 25.7 Å². The van der Waals surface area contributed by atoms with Crippen LogP contribution in [-0.2, 0) is 4.79 Å². The molecule has 0 spiro atoms. The van der Waals surface area contributed by atoms with Gasteiger partial charge in [0.1, 0.15) is 0 Å². The monoisotopic (exact) mass is 176 g/mol. The first kappa shape index (κ1) is 9.89. The zero-order valence-corrected chi connectivity index (χ0v) is 7.81. The Bertz CT molecular complexity index is 260. The van der Waals surface area contributed by atoms with Crippen LogP contribution in [-0.4, -0.2) is 23.9 Å². The van der Waals surface area contributed by atoms with E-state index in [2.05, 4.69) is 18.8 Å². The van der Waals surface area contributed by atoms with E-state index < -0.39 is 0 Å². The summed E-state index contributed by atoms with van der Waals surface area (Å²) in [5, 5.41) is 0. The van der Waals surface area contributed by atoms with Gasteiger partial charge in [-0.1, -0.05) is 5.92 Å². The van der Waals surface area contributed by atoms with E-state index in [1.807, 2.05) is 10.8 Å². The highest BCUT2D eigenvalue weighted by Gasteiger charge is 2.11. The Morgan fingerprint density at radius 1 is 1.31 bits per heavy atom. The maximum atomic E-state index is 10.6. The third-order valence-corrected chi connectivity index (χ3v) is 2.10. The molecule has 2 heteroatoms. The molecule has 1 aliphatic rings. The smallest absolute Gasteiger partial charge is 0.174 e. The predicted molar refractivity (Wildman–Crippen MR) is 52.4 cm³/mol. The zero-order valence-electron chi connectivity index (χ0n) is 7.81. The Hall–Kier alpha value is -1.19. The Kier molecular flexibility index (Phi) is 4.15. The maximum absolute atomic E-state index is 10.6. The number of hydrogen-bond acceptors (Lipinski definition) is 2. The van der Waals surface area contributed by atoms with Gasteiger partial charge in [0.05, 0.1) is 0 Å². The van der Waals surface area contributed by atoms with E-state index in [-0.39, 0.29) is 0 Å². The summed E-state index contributed by atoms with van der Waals surface area (Å²) in [5.74, 6) is 7.49. The van der Waals surface area contributed by atoms with Crippen molar-refractivity contribution in [3.05, 3.63) is 12.6 Å². The zero-order chi connectivity index (χ0) is 9.52. The molecule has 0 bridgehead atoms. The van der Waals surface area contributed by atoms with Crippen molar-refractivity contribution >= 4 is 5.94 Å². The lowest BCUT2D eigenvalue weighted by Crippen LogP contribution is -2.28. The van der Waals surface area contributed by atoms with Gasteiger partial charge in [-0.15, -0.1) is 0 Å². The van der Waals surface area contributed by atoms with Gasteiger partial charge < -0.3 is 4.90 Å². The van der Waals surface area contributed by atoms with Gasteiger partial charge in [0.2, 0.25) is 0 Å². The molecule has 2 nitrogen and oxygen atoms in total. The van der Waals surface area contributed by atoms with E-state index in [1.54, 1.807) is 0 Å². The molecular formula is C11H14NO. The molecule has 1 rings (SSSR count). The summed E-state index contributed by atoms with van der Waals surface area (Å²) >= 11 is 0. The highest BCUT2D eigenvalue weighted by atomic mass is 16.1. The summed E-state index contributed by atoms with van der Waals surface area (Å²) in [4.78, 5) is 12.6. The molecule has 0 atom stereocenters. The van der Waals surface area contributed by atoms with Crippen molar-refractivity contribution in [1.29, 1.82) is 0 Å². The van der Waals surface area contributed by atoms with E-state index in [0.29, 0.717) is 12.1 Å². The van der Waals surface area contributed by atoms with Gasteiger partial charge in [-0.05, 0) is 32.1 Å². The second kappa shape index (κ2) is 5.45. The van der Waals surface area contributed by atoms with E-state index in [0.717, 1.165) is 25.9 Å². The van der Waals surface area contributed by atoms with E-state index >= 15 is 0 Å². The molecule has 0 saturated carbocycles. The average molecular weight is 176 g/mol. The fraction of sp³-hybridized carbons (Fsp3) is 0.545. The third kappa shape index (κ3) is 2.97. The molecule has 1 fully saturated rings. The van der Waals surface area contributed by atoms with Crippen LogP contribution in [0.15, 0.2) is 5.70 Å². The number of allylic oxidation sites excluding steroid dienone is 1. The number of hydrogen-bond donors (Lipinski definition) is 0. The molecule has 1 aliphatic heterocycles. The van der Waals surface area contributed by atoms with Crippen molar-refractivity contribution < 1.29 is 4.79 Å². The largest absolute Gasteiger partial charge is 0.356 e. The third-order valence-electron chi connectivity index (χ3n) is 2.10. The van der Waals surface area contributed by atoms with Gasteiger partial charge in [0.25, 0.3) is 0 Å². The summed E-state index contributed by atoms with van der Waals surface area (Å²) in [6.07, 6.45) is 4.10. The van der Waals surface area contributed by atoms with Gasteiger partial charge >= 0.3 is 0 Å². The normalized spacial score (nSPS) is 15.6. The standard InChI is InChI=1S/C11H14NO/c1-2-3-7-11(10-13)12-8-5-4-6-9-12/h1-2,4-6,8-9H2. The minimum Gasteiger partial charge on any atom is -0.356 e. The first-order valence-corrected chi connectivity index (χ1v) is 4.66. The van der Waals surface area contributed by atoms with Crippen molar-refractivity contribution in [2.24, 2.45) is 0 Å². The molecule has 0 aliphatic carbocycles. The summed E-state index contributed by atoms with van der Waals surface area (Å²) in [6.45, 7) is 5.48. The Morgan fingerprint density at radius 3 is 2.54 bits per heavy atom. The van der Waals surface area contributed by atoms with Gasteiger partial charge in [-0.25, -0.2) is 4.79 Å². The molecular weight excluding hydrogens is 162 g/mol. The lowest BCUT2D eigenvalue weighted by molar-refractivity contribution is 0.297. The van der Waals surface area contributed by atoms with Crippen molar-refractivity contribution in [2.75, 3.05) is 13.1 Å². The molecule has 13 heavy (non-hydrogen) atoms. The molecule has 0 N–H and O–H groups in total. The first-order chi connectivity index (χ1) is 6.38. The van der Waals surface area contributed by atoms with Gasteiger partial charge in [0.15, 0.2) is 11.6 Å². The molecule has 0 unspecified atom stereocenters. The lowest BCUT2D eigenvalue weighted by atomic mass is 10.1. The number of rotatable bonds is 1. The minimum absolute atomic E-state index is 0.503. The van der Waals surface area contributed by atoms with Crippen LogP contribution in [0.2, 0.25) is 0 Å². The summed E-state index contributed by atoms with van der Waals surface area (Å²) in [6, 6.07) is 0. The van der Waals surface area contributed by atoms with Crippen molar-refractivity contribution in [2.45, 2.75) is 25.7 Å². The first-order valence-electron chi connectivity index (χ1n) is 4.66. The van der Waals surface area contributed by atoms with Gasteiger partial charge in [-0.2, -0.15) is 0 Å². The van der Waals surface area contributed by atoms with Crippen LogP contribution >= 0.6 is 0 Å². The average Bonchev–Trinajstić information content (AvgIpc) is 2.21. The number of piperidine rings is 1. The summed E-state index contributed by atoms with van der Waals surface area (Å²) < 4.78 is 0. The van der Waals surface area contributed by atoms with Gasteiger partial charge in [0, 0.05) is 19.5 Å². The number of nitrogens with zero attached hydrogens (tertiary/aromatic N) is 1. The van der Waals surface area contributed by atoms with Gasteiger partial charge in [-0.3, -0.25) is 0 Å². The van der Waals surface area contributed by atoms with Crippen LogP contribution in [0, 0.1) is 18.8 Å². The maximum Gasteiger partial charge on any atom is 0.174 e. The quantitative estimate of drug-likeness (QED) is 0.445. The topological polar surface area (TPSA) is 20.3 Å². The van der Waals surface area contributed by atoms with Crippen molar-refractivity contribution in [1.82, 2.24) is 4.90 Å². The summed E-state index contributed by atoms with van der Waals surface area (Å²) in [7, 11) is 0. The van der Waals surface area contributed by atoms with Crippen molar-refractivity contribution in [3.8, 4) is 11.8 Å². The van der Waals surface area contributed by atoms with E-state index in [4.69, 9.17) is 0 Å². The Labute approximate surface area is 79.6 Å². The van der Waals surface area contributed by atoms with Crippen LogP contribution in [0.5, 0.6) is 0 Å². The van der Waals surface area contributed by atoms with E-state index in [1.165, 1.54) is 6.42 Å². The molecule has 0 aromatic carbocycles.